The second-order valence-electron chi connectivity index (χ2n) is 7.12. The summed E-state index contributed by atoms with van der Waals surface area (Å²) in [4.78, 5) is 19.2. The van der Waals surface area contributed by atoms with Gasteiger partial charge < -0.3 is 10.1 Å². The number of nitrogens with zero attached hydrogens (tertiary/aromatic N) is 4. The molecule has 30 heavy (non-hydrogen) atoms. The highest BCUT2D eigenvalue weighted by Crippen LogP contribution is 2.46. The molecule has 1 aliphatic carbocycles. The third-order valence-corrected chi connectivity index (χ3v) is 4.89. The van der Waals surface area contributed by atoms with Gasteiger partial charge >= 0.3 is 12.3 Å². The van der Waals surface area contributed by atoms with Crippen molar-refractivity contribution in [2.75, 3.05) is 6.61 Å². The molecule has 0 aliphatic heterocycles. The normalized spacial score (nSPS) is 15.4. The van der Waals surface area contributed by atoms with Gasteiger partial charge in [-0.25, -0.2) is 13.8 Å². The van der Waals surface area contributed by atoms with Crippen LogP contribution in [0.3, 0.4) is 0 Å². The summed E-state index contributed by atoms with van der Waals surface area (Å²) in [6.07, 6.45) is 3.34. The highest BCUT2D eigenvalue weighted by molar-refractivity contribution is 5.82. The first kappa shape index (κ1) is 20.0. The number of fused-ring (bicyclic) bond motifs is 1. The SMILES string of the molecule is O=CNC1(c2nccc3nn(Cc4ccc(OCC(F)(F)C(F)F)nc4)cc23)CC1. The van der Waals surface area contributed by atoms with Gasteiger partial charge in [-0.3, -0.25) is 14.5 Å². The number of carbonyl (C=O) groups excluding carboxylic acids is 1. The molecular formula is C19H17F4N5O2. The molecule has 0 aromatic carbocycles. The van der Waals surface area contributed by atoms with Crippen molar-refractivity contribution >= 4 is 17.3 Å². The van der Waals surface area contributed by atoms with E-state index < -0.39 is 24.5 Å². The fourth-order valence-electron chi connectivity index (χ4n) is 3.15. The van der Waals surface area contributed by atoms with Crippen molar-refractivity contribution in [3.8, 4) is 5.88 Å². The van der Waals surface area contributed by atoms with E-state index in [2.05, 4.69) is 25.1 Å². The number of ether oxygens (including phenoxy) is 1. The number of halogens is 4. The molecule has 158 valence electrons. The summed E-state index contributed by atoms with van der Waals surface area (Å²) in [5.74, 6) is -4.41. The lowest BCUT2D eigenvalue weighted by atomic mass is 10.1. The molecule has 3 aromatic rings. The Morgan fingerprint density at radius 1 is 1.27 bits per heavy atom. The number of hydrogen-bond acceptors (Lipinski definition) is 5. The minimum Gasteiger partial charge on any atom is -0.471 e. The zero-order valence-electron chi connectivity index (χ0n) is 15.6. The molecule has 1 N–H and O–H groups in total. The Bertz CT molecular complexity index is 1050. The van der Waals surface area contributed by atoms with Gasteiger partial charge in [-0.2, -0.15) is 13.9 Å². The van der Waals surface area contributed by atoms with Gasteiger partial charge in [0.15, 0.2) is 6.61 Å². The maximum absolute atomic E-state index is 12.9. The fraction of sp³-hybridized carbons (Fsp3) is 0.368. The van der Waals surface area contributed by atoms with Crippen molar-refractivity contribution < 1.29 is 27.1 Å². The number of amides is 1. The first-order valence-corrected chi connectivity index (χ1v) is 9.11. The molecule has 0 atom stereocenters. The van der Waals surface area contributed by atoms with Crippen molar-refractivity contribution in [2.45, 2.75) is 37.3 Å². The van der Waals surface area contributed by atoms with Crippen LogP contribution in [0.15, 0.2) is 36.8 Å². The van der Waals surface area contributed by atoms with E-state index in [0.29, 0.717) is 18.5 Å². The molecular weight excluding hydrogens is 406 g/mol. The molecule has 11 heteroatoms. The van der Waals surface area contributed by atoms with Gasteiger partial charge in [-0.05, 0) is 24.5 Å². The van der Waals surface area contributed by atoms with Gasteiger partial charge in [-0.1, -0.05) is 6.07 Å². The second kappa shape index (κ2) is 7.54. The van der Waals surface area contributed by atoms with E-state index >= 15 is 0 Å². The summed E-state index contributed by atoms with van der Waals surface area (Å²) in [6, 6.07) is 4.69. The van der Waals surface area contributed by atoms with E-state index in [1.807, 2.05) is 6.20 Å². The first-order valence-electron chi connectivity index (χ1n) is 9.11. The predicted octanol–water partition coefficient (Wildman–Crippen LogP) is 2.89. The standard InChI is InChI=1S/C19H17F4N5O2/c20-17(21)19(22,23)10-30-15-2-1-12(7-25-15)8-28-9-13-14(27-28)3-6-24-16(13)18(4-5-18)26-11-29/h1-3,6-7,9,11,17H,4-5,8,10H2,(H,26,29). The van der Waals surface area contributed by atoms with Gasteiger partial charge in [0.1, 0.15) is 0 Å². The summed E-state index contributed by atoms with van der Waals surface area (Å²) in [5, 5.41) is 8.16. The minimum atomic E-state index is -4.24. The molecule has 7 nitrogen and oxygen atoms in total. The minimum absolute atomic E-state index is 0.174. The molecule has 1 fully saturated rings. The van der Waals surface area contributed by atoms with Crippen LogP contribution in [0.2, 0.25) is 0 Å². The van der Waals surface area contributed by atoms with Crippen LogP contribution in [0.25, 0.3) is 10.9 Å². The van der Waals surface area contributed by atoms with Gasteiger partial charge in [0.25, 0.3) is 0 Å². The number of aromatic nitrogens is 4. The highest BCUT2D eigenvalue weighted by Gasteiger charge is 2.46. The molecule has 0 radical (unpaired) electrons. The van der Waals surface area contributed by atoms with Gasteiger partial charge in [0.05, 0.1) is 23.3 Å². The van der Waals surface area contributed by atoms with Crippen LogP contribution in [-0.2, 0) is 16.9 Å². The average molecular weight is 423 g/mol. The molecule has 3 aromatic heterocycles. The summed E-state index contributed by atoms with van der Waals surface area (Å²) in [5.41, 5.74) is 1.74. The smallest absolute Gasteiger partial charge is 0.340 e. The summed E-state index contributed by atoms with van der Waals surface area (Å²) >= 11 is 0. The van der Waals surface area contributed by atoms with Crippen LogP contribution in [0, 0.1) is 0 Å². The number of carbonyl (C=O) groups is 1. The lowest BCUT2D eigenvalue weighted by molar-refractivity contribution is -0.148. The molecule has 0 bridgehead atoms. The summed E-state index contributed by atoms with van der Waals surface area (Å²) < 4.78 is 56.5. The van der Waals surface area contributed by atoms with E-state index in [-0.39, 0.29) is 5.88 Å². The molecule has 3 heterocycles. The van der Waals surface area contributed by atoms with Crippen LogP contribution in [0.4, 0.5) is 17.6 Å². The monoisotopic (exact) mass is 423 g/mol. The van der Waals surface area contributed by atoms with Crippen LogP contribution in [0.1, 0.15) is 24.1 Å². The second-order valence-corrected chi connectivity index (χ2v) is 7.12. The number of hydrogen-bond donors (Lipinski definition) is 1. The zero-order chi connectivity index (χ0) is 21.4. The fourth-order valence-corrected chi connectivity index (χ4v) is 3.15. The number of alkyl halides is 4. The zero-order valence-corrected chi connectivity index (χ0v) is 15.6. The maximum atomic E-state index is 12.9. The number of rotatable bonds is 9. The van der Waals surface area contributed by atoms with E-state index in [1.54, 1.807) is 23.0 Å². The Labute approximate surface area is 168 Å². The molecule has 0 saturated heterocycles. The van der Waals surface area contributed by atoms with Crippen LogP contribution in [-0.4, -0.2) is 45.1 Å². The van der Waals surface area contributed by atoms with Gasteiger partial charge in [0.2, 0.25) is 12.3 Å². The van der Waals surface area contributed by atoms with Crippen molar-refractivity contribution in [3.05, 3.63) is 48.0 Å². The third kappa shape index (κ3) is 3.91. The highest BCUT2D eigenvalue weighted by atomic mass is 19.3. The van der Waals surface area contributed by atoms with Gasteiger partial charge in [-0.15, -0.1) is 0 Å². The predicted molar refractivity (Wildman–Crippen MR) is 97.4 cm³/mol. The Balaban J connectivity index is 1.48. The molecule has 4 rings (SSSR count). The van der Waals surface area contributed by atoms with Crippen molar-refractivity contribution in [1.82, 2.24) is 25.1 Å². The Kier molecular flexibility index (Phi) is 5.04. The Hall–Kier alpha value is -3.24. The molecule has 1 aliphatic rings. The molecule has 0 spiro atoms. The van der Waals surface area contributed by atoms with E-state index in [9.17, 15) is 22.4 Å². The Morgan fingerprint density at radius 3 is 2.70 bits per heavy atom. The first-order chi connectivity index (χ1) is 14.3. The number of nitrogens with one attached hydrogen (secondary N) is 1. The van der Waals surface area contributed by atoms with Crippen molar-refractivity contribution in [2.24, 2.45) is 0 Å². The van der Waals surface area contributed by atoms with Crippen LogP contribution in [0.5, 0.6) is 5.88 Å². The van der Waals surface area contributed by atoms with E-state index in [1.165, 1.54) is 12.3 Å². The Morgan fingerprint density at radius 2 is 2.07 bits per heavy atom. The van der Waals surface area contributed by atoms with E-state index in [0.717, 1.165) is 29.4 Å². The molecule has 0 unspecified atom stereocenters. The lowest BCUT2D eigenvalue weighted by Gasteiger charge is -2.15. The maximum Gasteiger partial charge on any atom is 0.340 e. The van der Waals surface area contributed by atoms with Crippen LogP contribution < -0.4 is 10.1 Å². The average Bonchev–Trinajstić information content (AvgIpc) is 3.38. The largest absolute Gasteiger partial charge is 0.471 e. The van der Waals surface area contributed by atoms with Crippen molar-refractivity contribution in [3.63, 3.8) is 0 Å². The van der Waals surface area contributed by atoms with Crippen LogP contribution >= 0.6 is 0 Å². The molecule has 1 saturated carbocycles. The topological polar surface area (TPSA) is 81.9 Å². The lowest BCUT2D eigenvalue weighted by Crippen LogP contribution is -2.33. The number of pyridine rings is 2. The van der Waals surface area contributed by atoms with Gasteiger partial charge in [0, 0.05) is 30.0 Å². The quantitative estimate of drug-likeness (QED) is 0.423. The summed E-state index contributed by atoms with van der Waals surface area (Å²) in [6.45, 7) is -1.11. The molecule has 1 amide bonds. The van der Waals surface area contributed by atoms with E-state index in [4.69, 9.17) is 0 Å². The third-order valence-electron chi connectivity index (χ3n) is 4.89. The van der Waals surface area contributed by atoms with Crippen molar-refractivity contribution in [1.29, 1.82) is 0 Å². The summed E-state index contributed by atoms with van der Waals surface area (Å²) in [7, 11) is 0.